The normalized spacial score (nSPS) is 9.59. The van der Waals surface area contributed by atoms with Gasteiger partial charge in [-0.15, -0.1) is 0 Å². The van der Waals surface area contributed by atoms with Gasteiger partial charge in [-0.25, -0.2) is 5.01 Å². The number of rotatable bonds is 10. The number of hydrazine groups is 1. The summed E-state index contributed by atoms with van der Waals surface area (Å²) >= 11 is 0. The molecule has 0 unspecified atom stereocenters. The molecule has 0 aliphatic rings. The minimum absolute atomic E-state index is 0. The van der Waals surface area contributed by atoms with Crippen LogP contribution in [0.15, 0.2) is 0 Å². The van der Waals surface area contributed by atoms with Crippen molar-refractivity contribution in [3.8, 4) is 0 Å². The Bertz CT molecular complexity index is 340. The molecule has 3 amide bonds. The summed E-state index contributed by atoms with van der Waals surface area (Å²) in [5, 5.41) is 3.76. The van der Waals surface area contributed by atoms with Gasteiger partial charge >= 0.3 is 0 Å². The molecular weight excluding hydrogens is 308 g/mol. The molecule has 8 heteroatoms. The van der Waals surface area contributed by atoms with Gasteiger partial charge in [0.25, 0.3) is 5.91 Å². The zero-order valence-corrected chi connectivity index (χ0v) is 14.4. The van der Waals surface area contributed by atoms with Crippen LogP contribution in [-0.2, 0) is 14.4 Å². The first kappa shape index (κ1) is 22.9. The predicted molar refractivity (Wildman–Crippen MR) is 79.7 cm³/mol. The average molecular weight is 337 g/mol. The fourth-order valence-electron chi connectivity index (χ4n) is 1.85. The van der Waals surface area contributed by atoms with E-state index in [1.807, 2.05) is 0 Å². The van der Waals surface area contributed by atoms with E-state index < -0.39 is 0 Å². The number of nitrogens with one attached hydrogen (secondary N) is 2. The first-order chi connectivity index (χ1) is 10.0. The number of halogens is 1. The van der Waals surface area contributed by atoms with Gasteiger partial charge in [0.15, 0.2) is 6.54 Å². The van der Waals surface area contributed by atoms with Gasteiger partial charge in [-0.05, 0) is 6.42 Å². The lowest BCUT2D eigenvalue weighted by Crippen LogP contribution is -3.00. The summed E-state index contributed by atoms with van der Waals surface area (Å²) in [6, 6.07) is 0. The molecule has 0 aliphatic heterocycles. The molecule has 0 heterocycles. The standard InChI is InChI=1S/C14H28N4O3.ClH/c1-3-4-5-6-7-8-9-16-13(20)11-18(14(21)10-15)17-12(2)19;/h3-11,15H2,1-2H3,(H,16,20)(H,17,19);1H. The largest absolute Gasteiger partial charge is 1.00 e. The van der Waals surface area contributed by atoms with Crippen LogP contribution in [0.25, 0.3) is 0 Å². The van der Waals surface area contributed by atoms with E-state index in [9.17, 15) is 14.4 Å². The fourth-order valence-corrected chi connectivity index (χ4v) is 1.85. The van der Waals surface area contributed by atoms with Gasteiger partial charge < -0.3 is 23.5 Å². The van der Waals surface area contributed by atoms with E-state index in [1.165, 1.54) is 32.6 Å². The lowest BCUT2D eigenvalue weighted by atomic mass is 10.1. The predicted octanol–water partition coefficient (Wildman–Crippen LogP) is -3.41. The Morgan fingerprint density at radius 2 is 1.64 bits per heavy atom. The molecule has 0 aromatic carbocycles. The summed E-state index contributed by atoms with van der Waals surface area (Å²) in [6.45, 7) is 3.87. The van der Waals surface area contributed by atoms with Crippen LogP contribution in [0.1, 0.15) is 52.4 Å². The number of hydrogen-bond donors (Lipinski definition) is 3. The lowest BCUT2D eigenvalue weighted by Gasteiger charge is -2.20. The van der Waals surface area contributed by atoms with Crippen LogP contribution in [0.2, 0.25) is 0 Å². The molecule has 0 spiro atoms. The number of nitrogens with zero attached hydrogens (tertiary/aromatic N) is 1. The molecule has 0 aliphatic carbocycles. The Balaban J connectivity index is 0. The average Bonchev–Trinajstić information content (AvgIpc) is 2.44. The van der Waals surface area contributed by atoms with Crippen LogP contribution in [0.5, 0.6) is 0 Å². The first-order valence-corrected chi connectivity index (χ1v) is 7.64. The van der Waals surface area contributed by atoms with Crippen molar-refractivity contribution in [3.63, 3.8) is 0 Å². The first-order valence-electron chi connectivity index (χ1n) is 7.64. The third-order valence-electron chi connectivity index (χ3n) is 2.96. The zero-order chi connectivity index (χ0) is 16.1. The van der Waals surface area contributed by atoms with Crippen LogP contribution < -0.4 is 28.9 Å². The molecule has 0 saturated carbocycles. The second-order valence-electron chi connectivity index (χ2n) is 5.02. The Morgan fingerprint density at radius 1 is 1.05 bits per heavy atom. The molecule has 0 aromatic rings. The van der Waals surface area contributed by atoms with E-state index in [0.717, 1.165) is 17.9 Å². The van der Waals surface area contributed by atoms with Crippen LogP contribution in [0, 0.1) is 0 Å². The van der Waals surface area contributed by atoms with Gasteiger partial charge in [0.1, 0.15) is 6.54 Å². The number of unbranched alkanes of at least 4 members (excludes halogenated alkanes) is 5. The van der Waals surface area contributed by atoms with Crippen molar-refractivity contribution in [3.05, 3.63) is 0 Å². The molecule has 7 nitrogen and oxygen atoms in total. The van der Waals surface area contributed by atoms with Crippen molar-refractivity contribution < 1.29 is 32.5 Å². The monoisotopic (exact) mass is 336 g/mol. The van der Waals surface area contributed by atoms with Crippen molar-refractivity contribution in [1.82, 2.24) is 15.8 Å². The van der Waals surface area contributed by atoms with Crippen LogP contribution in [0.4, 0.5) is 0 Å². The molecule has 0 rings (SSSR count). The van der Waals surface area contributed by atoms with Gasteiger partial charge in [-0.2, -0.15) is 0 Å². The highest BCUT2D eigenvalue weighted by molar-refractivity contribution is 5.87. The highest BCUT2D eigenvalue weighted by atomic mass is 35.5. The van der Waals surface area contributed by atoms with Gasteiger partial charge in [0.2, 0.25) is 11.8 Å². The summed E-state index contributed by atoms with van der Waals surface area (Å²) in [4.78, 5) is 34.2. The smallest absolute Gasteiger partial charge is 0.296 e. The zero-order valence-electron chi connectivity index (χ0n) is 13.6. The maximum Gasteiger partial charge on any atom is 0.296 e. The van der Waals surface area contributed by atoms with Crippen LogP contribution >= 0.6 is 0 Å². The van der Waals surface area contributed by atoms with E-state index in [0.29, 0.717) is 6.54 Å². The van der Waals surface area contributed by atoms with E-state index in [2.05, 4.69) is 23.4 Å². The molecule has 0 bridgehead atoms. The molecule has 130 valence electrons. The summed E-state index contributed by atoms with van der Waals surface area (Å²) < 4.78 is 0. The van der Waals surface area contributed by atoms with E-state index in [4.69, 9.17) is 0 Å². The summed E-state index contributed by atoms with van der Waals surface area (Å²) in [7, 11) is 0. The quantitative estimate of drug-likeness (QED) is 0.286. The lowest BCUT2D eigenvalue weighted by molar-refractivity contribution is -0.357. The van der Waals surface area contributed by atoms with Crippen molar-refractivity contribution in [1.29, 1.82) is 0 Å². The third kappa shape index (κ3) is 12.4. The summed E-state index contributed by atoms with van der Waals surface area (Å²) in [5.41, 5.74) is 5.79. The minimum Gasteiger partial charge on any atom is -1.00 e. The molecular formula is C14H29ClN4O3. The highest BCUT2D eigenvalue weighted by Crippen LogP contribution is 2.03. The Morgan fingerprint density at radius 3 is 2.18 bits per heavy atom. The maximum atomic E-state index is 11.7. The Kier molecular flexibility index (Phi) is 15.2. The molecule has 0 saturated heterocycles. The van der Waals surface area contributed by atoms with Crippen molar-refractivity contribution in [2.75, 3.05) is 19.6 Å². The van der Waals surface area contributed by atoms with E-state index in [-0.39, 0.29) is 43.2 Å². The topological polar surface area (TPSA) is 106 Å². The Labute approximate surface area is 138 Å². The third-order valence-corrected chi connectivity index (χ3v) is 2.96. The van der Waals surface area contributed by atoms with Crippen molar-refractivity contribution in [2.45, 2.75) is 52.4 Å². The summed E-state index contributed by atoms with van der Waals surface area (Å²) in [6.07, 6.45) is 6.91. The summed E-state index contributed by atoms with van der Waals surface area (Å²) in [5.74, 6) is -1.06. The highest BCUT2D eigenvalue weighted by Gasteiger charge is 2.17. The number of amides is 3. The molecule has 0 aromatic heterocycles. The van der Waals surface area contributed by atoms with Crippen LogP contribution in [0.3, 0.4) is 0 Å². The van der Waals surface area contributed by atoms with E-state index >= 15 is 0 Å². The van der Waals surface area contributed by atoms with Gasteiger partial charge in [0.05, 0.1) is 0 Å². The number of quaternary nitrogens is 1. The number of carbonyl (C=O) groups is 3. The Hall–Kier alpha value is -1.34. The molecule has 0 atom stereocenters. The molecule has 0 radical (unpaired) electrons. The second kappa shape index (κ2) is 14.6. The van der Waals surface area contributed by atoms with Crippen molar-refractivity contribution in [2.24, 2.45) is 0 Å². The second-order valence-corrected chi connectivity index (χ2v) is 5.02. The maximum absolute atomic E-state index is 11.7. The SMILES string of the molecule is CCCCCCCCNC(=O)CN(NC(C)=O)C(=O)C[NH3+].[Cl-]. The number of carbonyl (C=O) groups excluding carboxylic acids is 3. The molecule has 5 N–H and O–H groups in total. The van der Waals surface area contributed by atoms with Crippen molar-refractivity contribution >= 4 is 17.7 Å². The van der Waals surface area contributed by atoms with Gasteiger partial charge in [0, 0.05) is 13.5 Å². The van der Waals surface area contributed by atoms with Crippen LogP contribution in [-0.4, -0.2) is 42.4 Å². The minimum atomic E-state index is -0.389. The van der Waals surface area contributed by atoms with Gasteiger partial charge in [-0.3, -0.25) is 19.8 Å². The fraction of sp³-hybridized carbons (Fsp3) is 0.786. The molecule has 22 heavy (non-hydrogen) atoms. The van der Waals surface area contributed by atoms with Gasteiger partial charge in [-0.1, -0.05) is 39.0 Å². The molecule has 0 fully saturated rings. The van der Waals surface area contributed by atoms with E-state index in [1.54, 1.807) is 0 Å². The number of hydrogen-bond acceptors (Lipinski definition) is 3.